The summed E-state index contributed by atoms with van der Waals surface area (Å²) in [6.45, 7) is 5.54. The Labute approximate surface area is 84.4 Å². The SMILES string of the molecule is CN(C)[NH+]([O-])[I-][NH+]([O-])C(C)(C)C. The van der Waals surface area contributed by atoms with Gasteiger partial charge in [0.25, 0.3) is 0 Å². The summed E-state index contributed by atoms with van der Waals surface area (Å²) < 4.78 is 0.0775. The topological polar surface area (TPSA) is 58.2 Å². The van der Waals surface area contributed by atoms with Crippen molar-refractivity contribution in [3.8, 4) is 0 Å². The van der Waals surface area contributed by atoms with Crippen LogP contribution in [0.2, 0.25) is 0 Å². The second kappa shape index (κ2) is 4.68. The predicted molar refractivity (Wildman–Crippen MR) is 42.1 cm³/mol. The predicted octanol–water partition coefficient (Wildman–Crippen LogP) is -5.05. The van der Waals surface area contributed by atoms with Gasteiger partial charge in [-0.1, -0.05) is 0 Å². The molecule has 0 spiro atoms. The molecule has 0 aromatic carbocycles. The van der Waals surface area contributed by atoms with Crippen LogP contribution in [0.3, 0.4) is 0 Å². The van der Waals surface area contributed by atoms with Gasteiger partial charge in [0.1, 0.15) is 0 Å². The summed E-state index contributed by atoms with van der Waals surface area (Å²) in [7, 11) is 3.36. The van der Waals surface area contributed by atoms with E-state index in [1.165, 1.54) is 5.01 Å². The monoisotopic (exact) mass is 290 g/mol. The molecule has 0 rings (SSSR count). The van der Waals surface area contributed by atoms with Crippen LogP contribution in [-0.2, 0) is 0 Å². The van der Waals surface area contributed by atoms with E-state index in [0.717, 1.165) is 0 Å². The zero-order chi connectivity index (χ0) is 9.94. The maximum absolute atomic E-state index is 11.4. The normalized spacial score (nSPS) is 18.3. The average molecular weight is 290 g/mol. The van der Waals surface area contributed by atoms with Gasteiger partial charge in [0.05, 0.1) is 0 Å². The Morgan fingerprint density at radius 3 is 1.83 bits per heavy atom. The Morgan fingerprint density at radius 2 is 1.58 bits per heavy atom. The molecule has 0 fully saturated rings. The number of hydroxylamine groups is 1. The second-order valence-corrected chi connectivity index (χ2v) is 6.21. The van der Waals surface area contributed by atoms with Crippen LogP contribution in [0.4, 0.5) is 0 Å². The van der Waals surface area contributed by atoms with E-state index in [1.807, 2.05) is 20.8 Å². The van der Waals surface area contributed by atoms with Gasteiger partial charge in [0.15, 0.2) is 0 Å². The number of nitrogens with zero attached hydrogens (tertiary/aromatic N) is 1. The summed E-state index contributed by atoms with van der Waals surface area (Å²) in [5, 5.41) is 24.0. The first-order valence-corrected chi connectivity index (χ1v) is 5.81. The van der Waals surface area contributed by atoms with Crippen molar-refractivity contribution < 1.29 is 28.4 Å². The van der Waals surface area contributed by atoms with E-state index in [2.05, 4.69) is 0 Å². The quantitative estimate of drug-likeness (QED) is 0.311. The van der Waals surface area contributed by atoms with Crippen LogP contribution >= 0.6 is 0 Å². The van der Waals surface area contributed by atoms with Gasteiger partial charge < -0.3 is 0 Å². The Balaban J connectivity index is 3.93. The summed E-state index contributed by atoms with van der Waals surface area (Å²) in [6, 6.07) is 0. The number of hydrogen-bond acceptors (Lipinski definition) is 3. The molecule has 12 heavy (non-hydrogen) atoms. The van der Waals surface area contributed by atoms with E-state index < -0.39 is 21.8 Å². The number of hydrogen-bond donors (Lipinski definition) is 2. The minimum absolute atomic E-state index is 0.0197. The van der Waals surface area contributed by atoms with Crippen molar-refractivity contribution in [1.82, 2.24) is 5.01 Å². The van der Waals surface area contributed by atoms with Gasteiger partial charge in [-0.05, 0) is 0 Å². The molecule has 6 heteroatoms. The third-order valence-corrected chi connectivity index (χ3v) is 4.64. The van der Waals surface area contributed by atoms with Crippen molar-refractivity contribution in [2.45, 2.75) is 26.3 Å². The number of halogens is 1. The molecule has 0 saturated heterocycles. The minimum atomic E-state index is -0.983. The molecule has 5 nitrogen and oxygen atoms in total. The van der Waals surface area contributed by atoms with Gasteiger partial charge in [0, 0.05) is 0 Å². The first kappa shape index (κ1) is 12.5. The van der Waals surface area contributed by atoms with Gasteiger partial charge in [-0.15, -0.1) is 0 Å². The summed E-state index contributed by atoms with van der Waals surface area (Å²) in [4.78, 5) is 0. The van der Waals surface area contributed by atoms with Crippen molar-refractivity contribution in [1.29, 1.82) is 0 Å². The Kier molecular flexibility index (Phi) is 4.89. The molecule has 0 amide bonds. The van der Waals surface area contributed by atoms with Crippen molar-refractivity contribution in [2.24, 2.45) is 0 Å². The molecule has 0 aliphatic carbocycles. The van der Waals surface area contributed by atoms with Crippen LogP contribution in [-0.4, -0.2) is 24.6 Å². The summed E-state index contributed by atoms with van der Waals surface area (Å²) in [6.07, 6.45) is 0. The summed E-state index contributed by atoms with van der Waals surface area (Å²) in [5.74, 6) is 0. The Morgan fingerprint density at radius 1 is 1.17 bits per heavy atom. The standard InChI is InChI=1S/C6H17IN3O2/c1-6(2,3)9(11)7-10(12)8(4)5/h9-10H,1-5H3/q-1. The van der Waals surface area contributed by atoms with Crippen LogP contribution in [0, 0.1) is 10.4 Å². The fourth-order valence-electron chi connectivity index (χ4n) is 0.300. The average Bonchev–Trinajstić information content (AvgIpc) is 1.85. The molecule has 0 aromatic heterocycles. The molecule has 76 valence electrons. The van der Waals surface area contributed by atoms with E-state index in [0.29, 0.717) is 0 Å². The molecule has 2 N–H and O–H groups in total. The van der Waals surface area contributed by atoms with Crippen LogP contribution in [0.15, 0.2) is 0 Å². The summed E-state index contributed by atoms with van der Waals surface area (Å²) in [5.41, 5.74) is -0.362. The van der Waals surface area contributed by atoms with Gasteiger partial charge in [0.2, 0.25) is 0 Å². The molecule has 0 bridgehead atoms. The van der Waals surface area contributed by atoms with E-state index in [4.69, 9.17) is 0 Å². The van der Waals surface area contributed by atoms with E-state index in [1.54, 1.807) is 14.1 Å². The fraction of sp³-hybridized carbons (Fsp3) is 1.00. The maximum atomic E-state index is 11.4. The third-order valence-electron chi connectivity index (χ3n) is 1.11. The zero-order valence-corrected chi connectivity index (χ0v) is 10.3. The molecule has 0 aromatic rings. The molecule has 0 aliphatic rings. The van der Waals surface area contributed by atoms with Gasteiger partial charge in [-0.2, -0.15) is 0 Å². The number of nitrogens with one attached hydrogen (secondary N) is 2. The molecular formula is C6H17IN3O2-. The molecule has 0 radical (unpaired) electrons. The molecular weight excluding hydrogens is 273 g/mol. The molecule has 0 saturated carbocycles. The van der Waals surface area contributed by atoms with Crippen molar-refractivity contribution in [3.63, 3.8) is 0 Å². The van der Waals surface area contributed by atoms with Crippen LogP contribution in [0.1, 0.15) is 20.8 Å². The van der Waals surface area contributed by atoms with E-state index in [-0.39, 0.29) is 12.2 Å². The first-order chi connectivity index (χ1) is 5.25. The Bertz CT molecular complexity index is 137. The van der Waals surface area contributed by atoms with Gasteiger partial charge in [-0.3, -0.25) is 0 Å². The van der Waals surface area contributed by atoms with Crippen molar-refractivity contribution in [3.05, 3.63) is 10.4 Å². The van der Waals surface area contributed by atoms with Crippen LogP contribution < -0.4 is 28.4 Å². The second-order valence-electron chi connectivity index (χ2n) is 3.77. The van der Waals surface area contributed by atoms with E-state index >= 15 is 0 Å². The molecule has 2 unspecified atom stereocenters. The van der Waals surface area contributed by atoms with Crippen LogP contribution in [0.25, 0.3) is 0 Å². The van der Waals surface area contributed by atoms with Gasteiger partial charge in [-0.25, -0.2) is 0 Å². The van der Waals surface area contributed by atoms with Crippen molar-refractivity contribution >= 4 is 0 Å². The van der Waals surface area contributed by atoms with Crippen molar-refractivity contribution in [2.75, 3.05) is 14.1 Å². The third kappa shape index (κ3) is 4.53. The number of quaternary nitrogens is 2. The van der Waals surface area contributed by atoms with E-state index in [9.17, 15) is 10.4 Å². The number of rotatable bonds is 3. The molecule has 0 heterocycles. The molecule has 2 atom stereocenters. The van der Waals surface area contributed by atoms with Crippen LogP contribution in [0.5, 0.6) is 0 Å². The first-order valence-electron chi connectivity index (χ1n) is 3.65. The fourth-order valence-corrected chi connectivity index (χ4v) is 2.01. The Hall–Kier alpha value is 0.530. The summed E-state index contributed by atoms with van der Waals surface area (Å²) >= 11 is -0.983. The zero-order valence-electron chi connectivity index (χ0n) is 8.14. The molecule has 0 aliphatic heterocycles. The van der Waals surface area contributed by atoms with Gasteiger partial charge >= 0.3 is 84.2 Å².